The van der Waals surface area contributed by atoms with Crippen LogP contribution in [0.15, 0.2) is 121 Å². The molecule has 0 bridgehead atoms. The first-order valence-electron chi connectivity index (χ1n) is 26.5. The Kier molecular flexibility index (Phi) is 16.2. The molecular formula is C64H78ClNO5. The Morgan fingerprint density at radius 2 is 1.21 bits per heavy atom. The van der Waals surface area contributed by atoms with Crippen LogP contribution in [0.4, 0.5) is 0 Å². The molecule has 6 aliphatic rings. The molecule has 0 spiro atoms. The lowest BCUT2D eigenvalue weighted by atomic mass is 9.53. The fraction of sp³-hybridized carbons (Fsp3) is 0.469. The number of phenols is 2. The van der Waals surface area contributed by atoms with Crippen molar-refractivity contribution < 1.29 is 25.2 Å². The predicted molar refractivity (Wildman–Crippen MR) is 292 cm³/mol. The van der Waals surface area contributed by atoms with Gasteiger partial charge in [0.2, 0.25) is 0 Å². The van der Waals surface area contributed by atoms with E-state index in [1.807, 2.05) is 24.3 Å². The topological polar surface area (TPSA) is 93.4 Å². The summed E-state index contributed by atoms with van der Waals surface area (Å²) < 4.78 is 5.87. The molecule has 7 heteroatoms. The minimum atomic E-state index is -0.919. The van der Waals surface area contributed by atoms with Gasteiger partial charge in [-0.2, -0.15) is 0 Å². The van der Waals surface area contributed by atoms with Crippen LogP contribution in [0.3, 0.4) is 0 Å². The van der Waals surface area contributed by atoms with Crippen molar-refractivity contribution in [2.24, 2.45) is 34.5 Å². The van der Waals surface area contributed by atoms with E-state index in [1.165, 1.54) is 69.4 Å². The average molecular weight is 977 g/mol. The lowest BCUT2D eigenvalue weighted by molar-refractivity contribution is -0.0646. The second-order valence-corrected chi connectivity index (χ2v) is 22.3. The van der Waals surface area contributed by atoms with Crippen molar-refractivity contribution in [2.45, 2.75) is 128 Å². The quantitative estimate of drug-likeness (QED) is 0.0914. The van der Waals surface area contributed by atoms with E-state index in [0.717, 1.165) is 82.4 Å². The van der Waals surface area contributed by atoms with Crippen molar-refractivity contribution in [1.29, 1.82) is 0 Å². The smallest absolute Gasteiger partial charge is 0.130 e. The summed E-state index contributed by atoms with van der Waals surface area (Å²) in [6, 6.07) is 41.7. The van der Waals surface area contributed by atoms with Crippen LogP contribution < -0.4 is 4.74 Å². The van der Waals surface area contributed by atoms with Crippen LogP contribution in [0.2, 0.25) is 0 Å². The molecule has 71 heavy (non-hydrogen) atoms. The number of hydrogen-bond acceptors (Lipinski definition) is 6. The zero-order valence-electron chi connectivity index (χ0n) is 42.8. The Morgan fingerprint density at radius 1 is 0.662 bits per heavy atom. The Morgan fingerprint density at radius 3 is 1.77 bits per heavy atom. The van der Waals surface area contributed by atoms with E-state index in [0.29, 0.717) is 47.7 Å². The fourth-order valence-electron chi connectivity index (χ4n) is 14.7. The van der Waals surface area contributed by atoms with Crippen molar-refractivity contribution in [3.63, 3.8) is 0 Å². The van der Waals surface area contributed by atoms with Gasteiger partial charge in [0.15, 0.2) is 0 Å². The predicted octanol–water partition coefficient (Wildman–Crippen LogP) is 13.6. The molecule has 5 aromatic rings. The minimum Gasteiger partial charge on any atom is -0.508 e. The molecule has 5 aromatic carbocycles. The summed E-state index contributed by atoms with van der Waals surface area (Å²) >= 11 is 0. The highest BCUT2D eigenvalue weighted by atomic mass is 35.5. The molecule has 0 radical (unpaired) electrons. The summed E-state index contributed by atoms with van der Waals surface area (Å²) in [5.41, 5.74) is 11.1. The van der Waals surface area contributed by atoms with E-state index in [-0.39, 0.29) is 29.3 Å². The Labute approximate surface area is 431 Å². The summed E-state index contributed by atoms with van der Waals surface area (Å²) in [6.45, 7) is 8.36. The van der Waals surface area contributed by atoms with Gasteiger partial charge in [0, 0.05) is 12.0 Å². The molecule has 10 atom stereocenters. The number of aliphatic hydroxyl groups is 2. The molecule has 0 unspecified atom stereocenters. The van der Waals surface area contributed by atoms with Gasteiger partial charge in [-0.05, 0) is 225 Å². The molecule has 6 aliphatic carbocycles. The Balaban J connectivity index is 0.000000144. The molecule has 6 nitrogen and oxygen atoms in total. The van der Waals surface area contributed by atoms with Gasteiger partial charge in [-0.15, -0.1) is 18.8 Å². The number of benzene rings is 5. The molecule has 11 rings (SSSR count). The number of aryl methyl sites for hydroxylation is 2. The van der Waals surface area contributed by atoms with Gasteiger partial charge in [-0.25, -0.2) is 0 Å². The average Bonchev–Trinajstić information content (AvgIpc) is 3.84. The first-order chi connectivity index (χ1) is 33.8. The first kappa shape index (κ1) is 52.3. The third-order valence-electron chi connectivity index (χ3n) is 18.6. The number of terminal acetylenes is 1. The van der Waals surface area contributed by atoms with Crippen molar-refractivity contribution in [3.05, 3.63) is 160 Å². The monoisotopic (exact) mass is 976 g/mol. The van der Waals surface area contributed by atoms with Crippen LogP contribution in [-0.2, 0) is 12.8 Å². The van der Waals surface area contributed by atoms with E-state index in [2.05, 4.69) is 143 Å². The molecule has 4 N–H and O–H groups in total. The van der Waals surface area contributed by atoms with Crippen molar-refractivity contribution in [2.75, 3.05) is 27.2 Å². The van der Waals surface area contributed by atoms with Gasteiger partial charge in [-0.1, -0.05) is 112 Å². The second-order valence-electron chi connectivity index (χ2n) is 22.3. The second kappa shape index (κ2) is 22.0. The SMILES string of the molecule is C#C[C@]1(O)CC[C@H]2[C@@H]3CCc4cc(O)ccc4[C@H]3CC[C@@]21C.CC/C(=C(\c1ccccc1)c1ccc(OCCN(C)C)cc1)c1ccccc1.C[C@]12CC[C@@H]3c4ccc(O)cc4CC[C@H]3[C@@H]1CC[C@@H]2O.Cl. The van der Waals surface area contributed by atoms with Crippen molar-refractivity contribution in [1.82, 2.24) is 4.90 Å². The fourth-order valence-corrected chi connectivity index (χ4v) is 14.7. The lowest BCUT2D eigenvalue weighted by Crippen LogP contribution is -2.50. The molecule has 376 valence electrons. The Bertz CT molecular complexity index is 2660. The summed E-state index contributed by atoms with van der Waals surface area (Å²) in [5.74, 6) is 8.22. The number of nitrogens with zero attached hydrogens (tertiary/aromatic N) is 1. The molecule has 0 aliphatic heterocycles. The van der Waals surface area contributed by atoms with Gasteiger partial charge in [0.25, 0.3) is 0 Å². The van der Waals surface area contributed by atoms with Crippen molar-refractivity contribution in [3.8, 4) is 29.6 Å². The van der Waals surface area contributed by atoms with Crippen LogP contribution in [-0.4, -0.2) is 64.3 Å². The van der Waals surface area contributed by atoms with Crippen LogP contribution in [0.1, 0.15) is 142 Å². The van der Waals surface area contributed by atoms with Crippen LogP contribution >= 0.6 is 12.4 Å². The molecular weight excluding hydrogens is 898 g/mol. The number of fused-ring (bicyclic) bond motifs is 10. The zero-order chi connectivity index (χ0) is 49.2. The highest BCUT2D eigenvalue weighted by molar-refractivity contribution is 5.98. The van der Waals surface area contributed by atoms with Crippen LogP contribution in [0.25, 0.3) is 11.1 Å². The highest BCUT2D eigenvalue weighted by Gasteiger charge is 2.61. The maximum atomic E-state index is 10.9. The summed E-state index contributed by atoms with van der Waals surface area (Å²) in [5, 5.41) is 40.7. The third kappa shape index (κ3) is 10.3. The highest BCUT2D eigenvalue weighted by Crippen LogP contribution is 2.64. The number of rotatable bonds is 8. The number of hydrogen-bond donors (Lipinski definition) is 4. The zero-order valence-corrected chi connectivity index (χ0v) is 43.6. The molecule has 4 fully saturated rings. The summed E-state index contributed by atoms with van der Waals surface area (Å²) in [7, 11) is 4.11. The van der Waals surface area contributed by atoms with Gasteiger partial charge in [0.1, 0.15) is 29.5 Å². The largest absolute Gasteiger partial charge is 0.508 e. The maximum Gasteiger partial charge on any atom is 0.130 e. The molecule has 4 saturated carbocycles. The molecule has 0 heterocycles. The Hall–Kier alpha value is -5.03. The maximum absolute atomic E-state index is 10.9. The van der Waals surface area contributed by atoms with E-state index in [9.17, 15) is 20.4 Å². The van der Waals surface area contributed by atoms with E-state index in [1.54, 1.807) is 0 Å². The number of aliphatic hydroxyl groups excluding tert-OH is 1. The van der Waals surface area contributed by atoms with Gasteiger partial charge >= 0.3 is 0 Å². The lowest BCUT2D eigenvalue weighted by Gasteiger charge is -2.52. The van der Waals surface area contributed by atoms with E-state index in [4.69, 9.17) is 11.2 Å². The number of phenolic OH excluding ortho intramolecular Hbond substituents is 2. The summed E-state index contributed by atoms with van der Waals surface area (Å²) in [6.07, 6.45) is 19.5. The van der Waals surface area contributed by atoms with E-state index < -0.39 is 5.60 Å². The first-order valence-corrected chi connectivity index (χ1v) is 26.5. The number of halogens is 1. The molecule has 0 aromatic heterocycles. The van der Waals surface area contributed by atoms with Crippen molar-refractivity contribution >= 4 is 23.6 Å². The standard InChI is InChI=1S/C26H29NO.C20H24O2.C18H24O2.ClH/c1-4-25(21-11-7-5-8-12-21)26(22-13-9-6-10-14-22)23-15-17-24(18-16-23)28-20-19-27(2)3;1-3-20(22)11-9-18-17-6-4-13-12-14(21)5-7-15(13)16(17)8-10-19(18,20)2;1-18-9-8-14-13-5-3-12(19)10-11(13)2-4-15(14)16(18)6-7-17(18)20;/h5-18H,4,19-20H2,1-3H3;1,5,7,12,16-18,21-22H,4,6,8-11H2,2H3;3,5,10,14-17,19-20H,2,4,6-9H2,1H3;1H/b26-25-;;;/t;16-,17-,18+,19+,20+;14-,15-,16+,17+,18+;/m.11./s1. The number of ether oxygens (including phenoxy) is 1. The number of allylic oxidation sites excluding steroid dienone is 1. The minimum absolute atomic E-state index is 0. The van der Waals surface area contributed by atoms with Gasteiger partial charge < -0.3 is 30.1 Å². The molecule has 0 amide bonds. The number of aromatic hydroxyl groups is 2. The summed E-state index contributed by atoms with van der Waals surface area (Å²) in [4.78, 5) is 2.12. The van der Waals surface area contributed by atoms with E-state index >= 15 is 0 Å². The number of likely N-dealkylation sites (N-methyl/N-ethyl adjacent to an activating group) is 1. The van der Waals surface area contributed by atoms with Crippen LogP contribution in [0, 0.1) is 46.8 Å². The van der Waals surface area contributed by atoms with Crippen LogP contribution in [0.5, 0.6) is 17.2 Å². The van der Waals surface area contributed by atoms with Gasteiger partial charge in [0.05, 0.1) is 6.10 Å². The molecule has 0 saturated heterocycles. The third-order valence-corrected chi connectivity index (χ3v) is 18.6. The van der Waals surface area contributed by atoms with Gasteiger partial charge in [-0.3, -0.25) is 0 Å². The normalized spacial score (nSPS) is 30.0.